The summed E-state index contributed by atoms with van der Waals surface area (Å²) in [5.74, 6) is -0.0722. The minimum absolute atomic E-state index is 0.0722. The van der Waals surface area contributed by atoms with Crippen LogP contribution in [0.1, 0.15) is 29.3 Å². The maximum atomic E-state index is 12.3. The fourth-order valence-electron chi connectivity index (χ4n) is 3.02. The van der Waals surface area contributed by atoms with Gasteiger partial charge >= 0.3 is 0 Å². The van der Waals surface area contributed by atoms with Gasteiger partial charge in [0, 0.05) is 31.5 Å². The summed E-state index contributed by atoms with van der Waals surface area (Å²) in [5.41, 5.74) is 2.97. The molecule has 0 saturated heterocycles. The largest absolute Gasteiger partial charge is 0.372 e. The van der Waals surface area contributed by atoms with E-state index >= 15 is 0 Å². The zero-order chi connectivity index (χ0) is 18.9. The number of nitrogens with one attached hydrogen (secondary N) is 1. The van der Waals surface area contributed by atoms with Crippen molar-refractivity contribution in [1.82, 2.24) is 15.1 Å². The molecule has 3 aromatic rings. The summed E-state index contributed by atoms with van der Waals surface area (Å²) in [7, 11) is 0. The van der Waals surface area contributed by atoms with E-state index in [1.54, 1.807) is 17.1 Å². The Morgan fingerprint density at radius 1 is 1.07 bits per heavy atom. The predicted molar refractivity (Wildman–Crippen MR) is 109 cm³/mol. The Morgan fingerprint density at radius 3 is 2.48 bits per heavy atom. The van der Waals surface area contributed by atoms with E-state index in [9.17, 15) is 4.79 Å². The Kier molecular flexibility index (Phi) is 6.63. The average molecular weight is 362 g/mol. The second-order valence-electron chi connectivity index (χ2n) is 6.44. The highest BCUT2D eigenvalue weighted by molar-refractivity contribution is 5.93. The number of nitrogens with zero attached hydrogens (tertiary/aromatic N) is 3. The normalized spacial score (nSPS) is 10.6. The number of rotatable bonds is 9. The summed E-state index contributed by atoms with van der Waals surface area (Å²) >= 11 is 0. The lowest BCUT2D eigenvalue weighted by Crippen LogP contribution is -2.29. The number of benzene rings is 2. The monoisotopic (exact) mass is 362 g/mol. The summed E-state index contributed by atoms with van der Waals surface area (Å²) in [6.07, 6.45) is 4.32. The van der Waals surface area contributed by atoms with E-state index in [2.05, 4.69) is 34.4 Å². The van der Waals surface area contributed by atoms with Gasteiger partial charge in [-0.25, -0.2) is 0 Å². The van der Waals surface area contributed by atoms with Gasteiger partial charge in [-0.05, 0) is 31.0 Å². The Balaban J connectivity index is 1.44. The summed E-state index contributed by atoms with van der Waals surface area (Å²) in [6, 6.07) is 20.4. The molecule has 0 spiro atoms. The van der Waals surface area contributed by atoms with Crippen molar-refractivity contribution in [1.29, 1.82) is 0 Å². The molecule has 0 radical (unpaired) electrons. The lowest BCUT2D eigenvalue weighted by Gasteiger charge is -2.23. The molecule has 0 unspecified atom stereocenters. The maximum absolute atomic E-state index is 12.3. The first-order chi connectivity index (χ1) is 13.3. The summed E-state index contributed by atoms with van der Waals surface area (Å²) in [5, 5.41) is 7.28. The van der Waals surface area contributed by atoms with Gasteiger partial charge in [-0.2, -0.15) is 5.10 Å². The Labute approximate surface area is 160 Å². The van der Waals surface area contributed by atoms with Gasteiger partial charge in [-0.1, -0.05) is 48.5 Å². The summed E-state index contributed by atoms with van der Waals surface area (Å²) in [6.45, 7) is 5.31. The van der Waals surface area contributed by atoms with E-state index < -0.39 is 0 Å². The van der Waals surface area contributed by atoms with Crippen molar-refractivity contribution >= 4 is 11.6 Å². The molecule has 1 N–H and O–H groups in total. The number of hydrogen-bond acceptors (Lipinski definition) is 3. The molecule has 0 aliphatic rings. The van der Waals surface area contributed by atoms with Gasteiger partial charge in [-0.3, -0.25) is 9.48 Å². The molecule has 2 aromatic carbocycles. The minimum Gasteiger partial charge on any atom is -0.372 e. The molecule has 1 heterocycles. The van der Waals surface area contributed by atoms with E-state index in [1.165, 1.54) is 5.69 Å². The van der Waals surface area contributed by atoms with Crippen LogP contribution >= 0.6 is 0 Å². The highest BCUT2D eigenvalue weighted by Gasteiger charge is 2.09. The smallest absolute Gasteiger partial charge is 0.254 e. The molecule has 5 heteroatoms. The Bertz CT molecular complexity index is 830. The van der Waals surface area contributed by atoms with Crippen molar-refractivity contribution in [2.24, 2.45) is 0 Å². The maximum Gasteiger partial charge on any atom is 0.254 e. The van der Waals surface area contributed by atoms with Gasteiger partial charge in [0.05, 0.1) is 18.3 Å². The molecule has 0 atom stereocenters. The van der Waals surface area contributed by atoms with Crippen LogP contribution in [-0.4, -0.2) is 35.3 Å². The number of para-hydroxylation sites is 1. The van der Waals surface area contributed by atoms with Crippen molar-refractivity contribution in [3.8, 4) is 0 Å². The number of carbonyl (C=O) groups is 1. The molecular weight excluding hydrogens is 336 g/mol. The second-order valence-corrected chi connectivity index (χ2v) is 6.44. The number of hydrogen-bond donors (Lipinski definition) is 1. The number of aromatic nitrogens is 2. The van der Waals surface area contributed by atoms with Gasteiger partial charge in [0.1, 0.15) is 0 Å². The van der Waals surface area contributed by atoms with Gasteiger partial charge in [0.2, 0.25) is 0 Å². The number of anilines is 1. The third kappa shape index (κ3) is 5.45. The molecule has 0 fully saturated rings. The zero-order valence-corrected chi connectivity index (χ0v) is 15.7. The van der Waals surface area contributed by atoms with E-state index in [4.69, 9.17) is 0 Å². The third-order valence-electron chi connectivity index (χ3n) is 4.48. The highest BCUT2D eigenvalue weighted by atomic mass is 16.1. The lowest BCUT2D eigenvalue weighted by molar-refractivity contribution is 0.0953. The Hall–Kier alpha value is -3.08. The van der Waals surface area contributed by atoms with E-state index in [-0.39, 0.29) is 5.91 Å². The molecule has 5 nitrogen and oxygen atoms in total. The first-order valence-electron chi connectivity index (χ1n) is 9.41. The van der Waals surface area contributed by atoms with Crippen molar-refractivity contribution in [2.75, 3.05) is 24.5 Å². The molecule has 27 heavy (non-hydrogen) atoms. The van der Waals surface area contributed by atoms with Gasteiger partial charge in [-0.15, -0.1) is 0 Å². The Morgan fingerprint density at radius 2 is 1.78 bits per heavy atom. The van der Waals surface area contributed by atoms with Crippen LogP contribution in [0.25, 0.3) is 0 Å². The van der Waals surface area contributed by atoms with E-state index in [0.29, 0.717) is 18.7 Å². The molecule has 140 valence electrons. The fourth-order valence-corrected chi connectivity index (χ4v) is 3.02. The number of amides is 1. The predicted octanol–water partition coefficient (Wildman–Crippen LogP) is 3.58. The van der Waals surface area contributed by atoms with Gasteiger partial charge in [0.25, 0.3) is 5.91 Å². The van der Waals surface area contributed by atoms with Crippen LogP contribution in [0.15, 0.2) is 73.1 Å². The fraction of sp³-hybridized carbons (Fsp3) is 0.273. The van der Waals surface area contributed by atoms with Gasteiger partial charge < -0.3 is 10.2 Å². The third-order valence-corrected chi connectivity index (χ3v) is 4.48. The molecule has 0 aliphatic heterocycles. The summed E-state index contributed by atoms with van der Waals surface area (Å²) in [4.78, 5) is 14.6. The molecule has 3 rings (SSSR count). The molecule has 0 aliphatic carbocycles. The van der Waals surface area contributed by atoms with Crippen LogP contribution in [-0.2, 0) is 6.54 Å². The minimum atomic E-state index is -0.0722. The van der Waals surface area contributed by atoms with Crippen LogP contribution < -0.4 is 10.2 Å². The molecular formula is C22H26N4O. The standard InChI is InChI=1S/C22H26N4O/c1-2-25(21-12-7-4-8-13-21)15-9-14-23-22(27)20-16-24-26(18-20)17-19-10-5-3-6-11-19/h3-8,10-13,16,18H,2,9,14-15,17H2,1H3,(H,23,27). The zero-order valence-electron chi connectivity index (χ0n) is 15.7. The molecule has 1 amide bonds. The van der Waals surface area contributed by atoms with Crippen molar-refractivity contribution in [3.63, 3.8) is 0 Å². The number of carbonyl (C=O) groups excluding carboxylic acids is 1. The molecule has 0 bridgehead atoms. The first kappa shape index (κ1) is 18.7. The van der Waals surface area contributed by atoms with E-state index in [1.807, 2.05) is 48.5 Å². The van der Waals surface area contributed by atoms with Crippen LogP contribution in [0.5, 0.6) is 0 Å². The van der Waals surface area contributed by atoms with Crippen molar-refractivity contribution < 1.29 is 4.79 Å². The second kappa shape index (κ2) is 9.57. The highest BCUT2D eigenvalue weighted by Crippen LogP contribution is 2.12. The SMILES string of the molecule is CCN(CCCNC(=O)c1cnn(Cc2ccccc2)c1)c1ccccc1. The summed E-state index contributed by atoms with van der Waals surface area (Å²) < 4.78 is 1.79. The molecule has 0 saturated carbocycles. The van der Waals surface area contributed by atoms with Crippen LogP contribution in [0, 0.1) is 0 Å². The van der Waals surface area contributed by atoms with Crippen molar-refractivity contribution in [2.45, 2.75) is 19.9 Å². The van der Waals surface area contributed by atoms with Crippen LogP contribution in [0.2, 0.25) is 0 Å². The van der Waals surface area contributed by atoms with Crippen LogP contribution in [0.3, 0.4) is 0 Å². The first-order valence-corrected chi connectivity index (χ1v) is 9.41. The quantitative estimate of drug-likeness (QED) is 0.592. The topological polar surface area (TPSA) is 50.2 Å². The van der Waals surface area contributed by atoms with Crippen LogP contribution in [0.4, 0.5) is 5.69 Å². The van der Waals surface area contributed by atoms with Gasteiger partial charge in [0.15, 0.2) is 0 Å². The van der Waals surface area contributed by atoms with Crippen molar-refractivity contribution in [3.05, 3.63) is 84.2 Å². The lowest BCUT2D eigenvalue weighted by atomic mass is 10.2. The average Bonchev–Trinajstić information content (AvgIpc) is 3.18. The molecule has 1 aromatic heterocycles. The van der Waals surface area contributed by atoms with E-state index in [0.717, 1.165) is 25.1 Å².